The highest BCUT2D eigenvalue weighted by Gasteiger charge is 2.27. The third-order valence-electron chi connectivity index (χ3n) is 3.81. The molecule has 6 nitrogen and oxygen atoms in total. The number of hydrogen-bond donors (Lipinski definition) is 2. The fourth-order valence-electron chi connectivity index (χ4n) is 2.51. The summed E-state index contributed by atoms with van der Waals surface area (Å²) < 4.78 is 0. The zero-order valence-electron chi connectivity index (χ0n) is 12.3. The number of nitrogens with one attached hydrogen (secondary N) is 1. The van der Waals surface area contributed by atoms with E-state index in [0.717, 1.165) is 42.5 Å². The van der Waals surface area contributed by atoms with Crippen LogP contribution in [0.2, 0.25) is 0 Å². The number of aryl methyl sites for hydroxylation is 1. The topological polar surface area (TPSA) is 70.3 Å². The molecule has 1 aliphatic heterocycles. The SMILES string of the molecule is CCc1nc(NN)c(C)c(N2CCC(N(C)C)C2)n1. The van der Waals surface area contributed by atoms with Crippen molar-refractivity contribution in [2.24, 2.45) is 5.84 Å². The number of anilines is 2. The van der Waals surface area contributed by atoms with Crippen LogP contribution >= 0.6 is 0 Å². The predicted octanol–water partition coefficient (Wildman–Crippen LogP) is 0.773. The molecule has 0 radical (unpaired) electrons. The smallest absolute Gasteiger partial charge is 0.148 e. The van der Waals surface area contributed by atoms with Crippen LogP contribution in [-0.4, -0.2) is 48.1 Å². The van der Waals surface area contributed by atoms with Gasteiger partial charge in [-0.05, 0) is 27.4 Å². The van der Waals surface area contributed by atoms with Crippen LogP contribution in [0.5, 0.6) is 0 Å². The van der Waals surface area contributed by atoms with Crippen LogP contribution < -0.4 is 16.2 Å². The highest BCUT2D eigenvalue weighted by molar-refractivity contribution is 5.58. The molecule has 0 saturated carbocycles. The second-order valence-electron chi connectivity index (χ2n) is 5.29. The average Bonchev–Trinajstić information content (AvgIpc) is 2.88. The molecule has 1 unspecified atom stereocenters. The highest BCUT2D eigenvalue weighted by Crippen LogP contribution is 2.27. The number of aromatic nitrogens is 2. The molecule has 2 rings (SSSR count). The van der Waals surface area contributed by atoms with Gasteiger partial charge in [0.2, 0.25) is 0 Å². The molecule has 0 aliphatic carbocycles. The Morgan fingerprint density at radius 1 is 1.42 bits per heavy atom. The normalized spacial score (nSPS) is 19.3. The minimum absolute atomic E-state index is 0.591. The Labute approximate surface area is 115 Å². The van der Waals surface area contributed by atoms with Crippen molar-refractivity contribution in [1.29, 1.82) is 0 Å². The van der Waals surface area contributed by atoms with Crippen LogP contribution in [0.15, 0.2) is 0 Å². The number of rotatable bonds is 4. The lowest BCUT2D eigenvalue weighted by Gasteiger charge is -2.23. The van der Waals surface area contributed by atoms with E-state index in [0.29, 0.717) is 6.04 Å². The molecule has 1 aliphatic rings. The Kier molecular flexibility index (Phi) is 4.21. The lowest BCUT2D eigenvalue weighted by molar-refractivity contribution is 0.315. The van der Waals surface area contributed by atoms with Gasteiger partial charge in [0, 0.05) is 31.1 Å². The summed E-state index contributed by atoms with van der Waals surface area (Å²) in [4.78, 5) is 13.7. The maximum Gasteiger partial charge on any atom is 0.148 e. The summed E-state index contributed by atoms with van der Waals surface area (Å²) in [6.45, 7) is 6.13. The van der Waals surface area contributed by atoms with Crippen LogP contribution in [-0.2, 0) is 6.42 Å². The van der Waals surface area contributed by atoms with E-state index in [4.69, 9.17) is 5.84 Å². The lowest BCUT2D eigenvalue weighted by atomic mass is 10.2. The van der Waals surface area contributed by atoms with Gasteiger partial charge in [-0.3, -0.25) is 0 Å². The molecule has 2 heterocycles. The van der Waals surface area contributed by atoms with Gasteiger partial charge in [0.1, 0.15) is 17.5 Å². The standard InChI is InChI=1S/C13H24N6/c1-5-11-15-12(17-14)9(2)13(16-11)19-7-6-10(8-19)18(3)4/h10H,5-8,14H2,1-4H3,(H,15,16,17). The first-order chi connectivity index (χ1) is 9.06. The summed E-state index contributed by atoms with van der Waals surface area (Å²) in [5.41, 5.74) is 3.71. The van der Waals surface area contributed by atoms with Crippen molar-refractivity contribution in [2.75, 3.05) is 37.5 Å². The molecule has 1 saturated heterocycles. The third-order valence-corrected chi connectivity index (χ3v) is 3.81. The second kappa shape index (κ2) is 5.71. The van der Waals surface area contributed by atoms with Gasteiger partial charge in [0.15, 0.2) is 0 Å². The summed E-state index contributed by atoms with van der Waals surface area (Å²) in [6.07, 6.45) is 1.98. The van der Waals surface area contributed by atoms with E-state index in [9.17, 15) is 0 Å². The Hall–Kier alpha value is -1.40. The van der Waals surface area contributed by atoms with Gasteiger partial charge in [-0.2, -0.15) is 0 Å². The summed E-state index contributed by atoms with van der Waals surface area (Å²) in [5.74, 6) is 8.13. The molecule has 106 valence electrons. The second-order valence-corrected chi connectivity index (χ2v) is 5.29. The minimum Gasteiger partial charge on any atom is -0.355 e. The maximum absolute atomic E-state index is 5.55. The molecule has 3 N–H and O–H groups in total. The van der Waals surface area contributed by atoms with Crippen molar-refractivity contribution in [2.45, 2.75) is 32.7 Å². The molecule has 0 bridgehead atoms. The van der Waals surface area contributed by atoms with Gasteiger partial charge < -0.3 is 15.2 Å². The molecular weight excluding hydrogens is 240 g/mol. The molecule has 19 heavy (non-hydrogen) atoms. The largest absolute Gasteiger partial charge is 0.355 e. The monoisotopic (exact) mass is 264 g/mol. The maximum atomic E-state index is 5.55. The van der Waals surface area contributed by atoms with E-state index in [1.165, 1.54) is 6.42 Å². The quantitative estimate of drug-likeness (QED) is 0.618. The molecule has 1 fully saturated rings. The van der Waals surface area contributed by atoms with Gasteiger partial charge >= 0.3 is 0 Å². The molecular formula is C13H24N6. The van der Waals surface area contributed by atoms with Gasteiger partial charge in [-0.25, -0.2) is 15.8 Å². The number of nitrogens with two attached hydrogens (primary N) is 1. The van der Waals surface area contributed by atoms with Crippen LogP contribution in [0.3, 0.4) is 0 Å². The van der Waals surface area contributed by atoms with Crippen LogP contribution in [0.1, 0.15) is 24.7 Å². The zero-order valence-corrected chi connectivity index (χ0v) is 12.3. The molecule has 0 amide bonds. The highest BCUT2D eigenvalue weighted by atomic mass is 15.3. The van der Waals surface area contributed by atoms with E-state index in [1.807, 2.05) is 6.92 Å². The number of likely N-dealkylation sites (N-methyl/N-ethyl adjacent to an activating group) is 1. The van der Waals surface area contributed by atoms with E-state index < -0.39 is 0 Å². The summed E-state index contributed by atoms with van der Waals surface area (Å²) in [6, 6.07) is 0.591. The van der Waals surface area contributed by atoms with E-state index in [2.05, 4.69) is 46.2 Å². The van der Waals surface area contributed by atoms with Crippen molar-refractivity contribution in [3.63, 3.8) is 0 Å². The van der Waals surface area contributed by atoms with Crippen molar-refractivity contribution in [1.82, 2.24) is 14.9 Å². The van der Waals surface area contributed by atoms with Gasteiger partial charge in [0.05, 0.1) is 0 Å². The van der Waals surface area contributed by atoms with Gasteiger partial charge in [-0.15, -0.1) is 0 Å². The summed E-state index contributed by atoms with van der Waals surface area (Å²) in [7, 11) is 4.26. The molecule has 0 spiro atoms. The fourth-order valence-corrected chi connectivity index (χ4v) is 2.51. The van der Waals surface area contributed by atoms with Crippen molar-refractivity contribution in [3.05, 3.63) is 11.4 Å². The molecule has 6 heteroatoms. The van der Waals surface area contributed by atoms with E-state index >= 15 is 0 Å². The van der Waals surface area contributed by atoms with Crippen molar-refractivity contribution < 1.29 is 0 Å². The molecule has 1 atom stereocenters. The van der Waals surface area contributed by atoms with Crippen molar-refractivity contribution >= 4 is 11.6 Å². The van der Waals surface area contributed by atoms with Crippen LogP contribution in [0, 0.1) is 6.92 Å². The number of nitrogens with zero attached hydrogens (tertiary/aromatic N) is 4. The number of nitrogen functional groups attached to an aromatic ring is 1. The molecule has 1 aromatic heterocycles. The first-order valence-corrected chi connectivity index (χ1v) is 6.82. The Morgan fingerprint density at radius 2 is 2.16 bits per heavy atom. The summed E-state index contributed by atoms with van der Waals surface area (Å²) >= 11 is 0. The van der Waals surface area contributed by atoms with E-state index in [-0.39, 0.29) is 0 Å². The number of hydrazine groups is 1. The third kappa shape index (κ3) is 2.79. The zero-order chi connectivity index (χ0) is 14.0. The Balaban J connectivity index is 2.29. The van der Waals surface area contributed by atoms with E-state index in [1.54, 1.807) is 0 Å². The average molecular weight is 264 g/mol. The minimum atomic E-state index is 0.591. The Morgan fingerprint density at radius 3 is 2.68 bits per heavy atom. The first-order valence-electron chi connectivity index (χ1n) is 6.82. The van der Waals surface area contributed by atoms with Crippen LogP contribution in [0.4, 0.5) is 11.6 Å². The molecule has 0 aromatic carbocycles. The summed E-state index contributed by atoms with van der Waals surface area (Å²) in [5, 5.41) is 0. The molecule has 1 aromatic rings. The number of hydrogen-bond acceptors (Lipinski definition) is 6. The lowest BCUT2D eigenvalue weighted by Crippen LogP contribution is -2.32. The Bertz CT molecular complexity index is 445. The van der Waals surface area contributed by atoms with Gasteiger partial charge in [-0.1, -0.05) is 6.92 Å². The van der Waals surface area contributed by atoms with Crippen LogP contribution in [0.25, 0.3) is 0 Å². The van der Waals surface area contributed by atoms with Gasteiger partial charge in [0.25, 0.3) is 0 Å². The fraction of sp³-hybridized carbons (Fsp3) is 0.692. The van der Waals surface area contributed by atoms with Crippen molar-refractivity contribution in [3.8, 4) is 0 Å². The first kappa shape index (κ1) is 14.0. The predicted molar refractivity (Wildman–Crippen MR) is 78.3 cm³/mol.